The van der Waals surface area contributed by atoms with E-state index in [-0.39, 0.29) is 5.91 Å². The number of carbonyl (C=O) groups is 2. The van der Waals surface area contributed by atoms with Crippen LogP contribution in [0.25, 0.3) is 10.8 Å². The van der Waals surface area contributed by atoms with Gasteiger partial charge in [0.05, 0.1) is 23.2 Å². The van der Waals surface area contributed by atoms with Crippen LogP contribution < -0.4 is 16.4 Å². The zero-order chi connectivity index (χ0) is 29.2. The number of halogens is 1. The van der Waals surface area contributed by atoms with Crippen LogP contribution in [0.5, 0.6) is 5.75 Å². The fraction of sp³-hybridized carbons (Fsp3) is 0.188. The summed E-state index contributed by atoms with van der Waals surface area (Å²) in [4.78, 5) is 25.5. The summed E-state index contributed by atoms with van der Waals surface area (Å²) in [7, 11) is 0. The first kappa shape index (κ1) is 29.1. The zero-order valence-corrected chi connectivity index (χ0v) is 22.5. The number of amides is 2. The van der Waals surface area contributed by atoms with Crippen LogP contribution in [-0.2, 0) is 14.3 Å². The van der Waals surface area contributed by atoms with Crippen LogP contribution in [-0.4, -0.2) is 29.8 Å². The molecule has 2 amide bonds. The van der Waals surface area contributed by atoms with Crippen molar-refractivity contribution in [2.24, 2.45) is 0 Å². The average Bonchev–Trinajstić information content (AvgIpc) is 2.96. The lowest BCUT2D eigenvalue weighted by Crippen LogP contribution is -2.29. The van der Waals surface area contributed by atoms with E-state index in [1.54, 1.807) is 43.3 Å². The van der Waals surface area contributed by atoms with E-state index >= 15 is 0 Å². The van der Waals surface area contributed by atoms with E-state index in [4.69, 9.17) is 15.2 Å². The average molecular weight is 558 g/mol. The highest BCUT2D eigenvalue weighted by Crippen LogP contribution is 2.31. The molecule has 9 heteroatoms. The van der Waals surface area contributed by atoms with Crippen molar-refractivity contribution >= 4 is 39.8 Å². The lowest BCUT2D eigenvalue weighted by molar-refractivity contribution is -0.111. The number of hydrogen-bond acceptors (Lipinski definition) is 6. The highest BCUT2D eigenvalue weighted by atomic mass is 19.1. The summed E-state index contributed by atoms with van der Waals surface area (Å²) in [6.45, 7) is 2.10. The van der Waals surface area contributed by atoms with Gasteiger partial charge in [0.2, 0.25) is 5.91 Å². The van der Waals surface area contributed by atoms with Gasteiger partial charge in [-0.15, -0.1) is 0 Å². The Morgan fingerprint density at radius 1 is 0.976 bits per heavy atom. The molecule has 0 unspecified atom stereocenters. The van der Waals surface area contributed by atoms with E-state index in [9.17, 15) is 19.1 Å². The number of fused-ring (bicyclic) bond motifs is 1. The molecule has 0 heterocycles. The monoisotopic (exact) mass is 557 g/mol. The minimum absolute atomic E-state index is 0.299. The number of nitrogens with two attached hydrogens (primary N) is 1. The third-order valence-corrected chi connectivity index (χ3v) is 6.38. The Kier molecular flexibility index (Phi) is 9.90. The maximum Gasteiger partial charge on any atom is 0.412 e. The van der Waals surface area contributed by atoms with Gasteiger partial charge in [0.1, 0.15) is 0 Å². The summed E-state index contributed by atoms with van der Waals surface area (Å²) in [6.07, 6.45) is 1.36. The number of aromatic hydroxyl groups is 1. The summed E-state index contributed by atoms with van der Waals surface area (Å²) in [5.41, 5.74) is 7.71. The van der Waals surface area contributed by atoms with Crippen molar-refractivity contribution in [3.63, 3.8) is 0 Å². The van der Waals surface area contributed by atoms with Gasteiger partial charge in [-0.05, 0) is 67.1 Å². The Bertz CT molecular complexity index is 1540. The third-order valence-electron chi connectivity index (χ3n) is 6.38. The number of nitrogen functional groups attached to an aromatic ring is 1. The van der Waals surface area contributed by atoms with E-state index in [1.165, 1.54) is 18.2 Å². The van der Waals surface area contributed by atoms with Gasteiger partial charge in [-0.3, -0.25) is 10.1 Å². The summed E-state index contributed by atoms with van der Waals surface area (Å²) in [5, 5.41) is 17.0. The number of hydrogen-bond donors (Lipinski definition) is 4. The molecule has 0 fully saturated rings. The van der Waals surface area contributed by atoms with E-state index in [1.807, 2.05) is 36.4 Å². The van der Waals surface area contributed by atoms with Gasteiger partial charge in [0.25, 0.3) is 0 Å². The number of benzene rings is 4. The van der Waals surface area contributed by atoms with Crippen molar-refractivity contribution in [1.29, 1.82) is 0 Å². The minimum atomic E-state index is -1.01. The maximum absolute atomic E-state index is 14.3. The molecular weight excluding hydrogens is 525 g/mol. The van der Waals surface area contributed by atoms with Crippen molar-refractivity contribution in [3.8, 4) is 5.75 Å². The Morgan fingerprint density at radius 3 is 2.49 bits per heavy atom. The van der Waals surface area contributed by atoms with Gasteiger partial charge < -0.3 is 25.6 Å². The number of phenols is 1. The molecule has 212 valence electrons. The summed E-state index contributed by atoms with van der Waals surface area (Å²) in [5.74, 6) is -1.72. The number of allylic oxidation sites excluding steroid dienone is 1. The molecule has 0 aliphatic carbocycles. The van der Waals surface area contributed by atoms with E-state index in [0.29, 0.717) is 42.1 Å². The Hall–Kier alpha value is -4.89. The van der Waals surface area contributed by atoms with Gasteiger partial charge >= 0.3 is 6.09 Å². The Morgan fingerprint density at radius 2 is 1.71 bits per heavy atom. The number of phenolic OH excluding ortho intramolecular Hbond substituents is 1. The molecule has 0 radical (unpaired) electrons. The topological polar surface area (TPSA) is 123 Å². The predicted octanol–water partition coefficient (Wildman–Crippen LogP) is 6.94. The van der Waals surface area contributed by atoms with Crippen molar-refractivity contribution in [3.05, 3.63) is 108 Å². The van der Waals surface area contributed by atoms with E-state index in [2.05, 4.69) is 10.6 Å². The normalized spacial score (nSPS) is 12.6. The Labute approximate surface area is 237 Å². The molecule has 0 aliphatic rings. The van der Waals surface area contributed by atoms with Crippen molar-refractivity contribution in [2.75, 3.05) is 23.0 Å². The lowest BCUT2D eigenvalue weighted by Gasteiger charge is -2.27. The first-order valence-corrected chi connectivity index (χ1v) is 13.2. The number of para-hydroxylation sites is 2. The van der Waals surface area contributed by atoms with Crippen molar-refractivity contribution in [1.82, 2.24) is 0 Å². The maximum atomic E-state index is 14.3. The second-order valence-corrected chi connectivity index (χ2v) is 9.24. The molecule has 2 atom stereocenters. The van der Waals surface area contributed by atoms with Gasteiger partial charge in [-0.25, -0.2) is 9.18 Å². The molecule has 0 saturated carbocycles. The highest BCUT2D eigenvalue weighted by Gasteiger charge is 2.28. The smallest absolute Gasteiger partial charge is 0.412 e. The molecule has 8 nitrogen and oxygen atoms in total. The van der Waals surface area contributed by atoms with Crippen LogP contribution in [0.2, 0.25) is 0 Å². The fourth-order valence-electron chi connectivity index (χ4n) is 4.42. The molecule has 0 bridgehead atoms. The van der Waals surface area contributed by atoms with Gasteiger partial charge in [0, 0.05) is 12.0 Å². The third kappa shape index (κ3) is 7.83. The number of anilines is 3. The molecule has 5 N–H and O–H groups in total. The largest absolute Gasteiger partial charge is 0.505 e. The van der Waals surface area contributed by atoms with Crippen LogP contribution in [0.15, 0.2) is 97.1 Å². The molecule has 41 heavy (non-hydrogen) atoms. The van der Waals surface area contributed by atoms with Crippen molar-refractivity contribution < 1.29 is 28.6 Å². The quantitative estimate of drug-likeness (QED) is 0.117. The molecule has 0 spiro atoms. The van der Waals surface area contributed by atoms with Crippen LogP contribution in [0.3, 0.4) is 0 Å². The van der Waals surface area contributed by atoms with Crippen molar-refractivity contribution in [2.45, 2.75) is 32.0 Å². The summed E-state index contributed by atoms with van der Waals surface area (Å²) in [6, 6.07) is 23.8. The molecule has 0 saturated heterocycles. The summed E-state index contributed by atoms with van der Waals surface area (Å²) >= 11 is 0. The first-order chi connectivity index (χ1) is 19.9. The van der Waals surface area contributed by atoms with Gasteiger partial charge in [-0.1, -0.05) is 60.7 Å². The standard InChI is InChI=1S/C32H32FN3O5/c1-2-40-29(16-7-8-17-30(38)35-27-14-6-5-13-25(27)34)31(22-18-19-28(37)24(33)20-22)41-32(39)36-26-15-9-11-21-10-3-4-12-23(21)26/h3-6,8-15,17-20,29,31,37H,2,7,16,34H2,1H3,(H,35,38)(H,36,39)/b17-8+/t29-,31-/m1/s1. The number of rotatable bonds is 11. The predicted molar refractivity (Wildman–Crippen MR) is 158 cm³/mol. The van der Waals surface area contributed by atoms with Gasteiger partial charge in [-0.2, -0.15) is 0 Å². The van der Waals surface area contributed by atoms with E-state index in [0.717, 1.165) is 16.8 Å². The van der Waals surface area contributed by atoms with Crippen LogP contribution in [0.4, 0.5) is 26.2 Å². The zero-order valence-electron chi connectivity index (χ0n) is 22.5. The molecule has 0 aliphatic heterocycles. The Balaban J connectivity index is 1.49. The molecule has 0 aromatic heterocycles. The van der Waals surface area contributed by atoms with Crippen LogP contribution in [0.1, 0.15) is 31.4 Å². The lowest BCUT2D eigenvalue weighted by atomic mass is 9.99. The molecular formula is C32H32FN3O5. The number of carbonyl (C=O) groups excluding carboxylic acids is 2. The first-order valence-electron chi connectivity index (χ1n) is 13.2. The van der Waals surface area contributed by atoms with Crippen LogP contribution >= 0.6 is 0 Å². The minimum Gasteiger partial charge on any atom is -0.505 e. The summed E-state index contributed by atoms with van der Waals surface area (Å²) < 4.78 is 26.1. The van der Waals surface area contributed by atoms with Gasteiger partial charge in [0.15, 0.2) is 17.7 Å². The highest BCUT2D eigenvalue weighted by molar-refractivity contribution is 6.01. The molecule has 4 rings (SSSR count). The number of nitrogens with one attached hydrogen (secondary N) is 2. The van der Waals surface area contributed by atoms with E-state index < -0.39 is 29.9 Å². The fourth-order valence-corrected chi connectivity index (χ4v) is 4.42. The molecule has 4 aromatic rings. The van der Waals surface area contributed by atoms with Crippen LogP contribution in [0, 0.1) is 5.82 Å². The molecule has 4 aromatic carbocycles. The second-order valence-electron chi connectivity index (χ2n) is 9.24. The SMILES string of the molecule is CCO[C@H](CC/C=C/C(=O)Nc1ccccc1N)[C@H](OC(=O)Nc1cccc2ccccc12)c1ccc(O)c(F)c1. The second kappa shape index (κ2) is 14.0. The number of ether oxygens (including phenoxy) is 2.